The summed E-state index contributed by atoms with van der Waals surface area (Å²) in [6.07, 6.45) is 16.4. The molecule has 11 rings (SSSR count). The molecule has 29 heteroatoms. The van der Waals surface area contributed by atoms with Crippen molar-refractivity contribution >= 4 is 85.9 Å². The highest BCUT2D eigenvalue weighted by atomic mass is 31.2. The lowest BCUT2D eigenvalue weighted by Crippen LogP contribution is -2.60. The molecular formula is C63H73N13O13P2Si. The summed E-state index contributed by atoms with van der Waals surface area (Å²) in [6, 6.07) is 16.1. The van der Waals surface area contributed by atoms with Gasteiger partial charge in [0.15, 0.2) is 30.0 Å². The van der Waals surface area contributed by atoms with E-state index < -0.39 is 41.2 Å². The summed E-state index contributed by atoms with van der Waals surface area (Å²) in [5, 5.41) is 4.52. The van der Waals surface area contributed by atoms with Crippen molar-refractivity contribution in [2.45, 2.75) is 84.7 Å². The van der Waals surface area contributed by atoms with Gasteiger partial charge >= 0.3 is 19.7 Å². The molecule has 6 aromatic heterocycles. The zero-order chi connectivity index (χ0) is 65.5. The molecule has 2 N–H and O–H groups in total. The first-order valence-corrected chi connectivity index (χ1v) is 37.5. The Hall–Kier alpha value is -8.68. The molecule has 482 valence electrons. The maximum atomic E-state index is 14.1. The monoisotopic (exact) mass is 1310 g/mol. The summed E-state index contributed by atoms with van der Waals surface area (Å²) < 4.78 is 57.7. The van der Waals surface area contributed by atoms with Crippen LogP contribution < -0.4 is 20.1 Å². The fourth-order valence-electron chi connectivity index (χ4n) is 11.9. The van der Waals surface area contributed by atoms with Gasteiger partial charge in [0, 0.05) is 138 Å². The van der Waals surface area contributed by atoms with Crippen molar-refractivity contribution in [3.8, 4) is 33.8 Å². The number of Topliss-reactive ketones (excluding diaryl/α,β-unsaturated/α-hetero) is 3. The number of carbonyl (C=O) groups is 6. The average molecular weight is 1310 g/mol. The van der Waals surface area contributed by atoms with Crippen molar-refractivity contribution in [2.75, 3.05) is 69.9 Å². The van der Waals surface area contributed by atoms with E-state index in [2.05, 4.69) is 43.0 Å². The van der Waals surface area contributed by atoms with Crippen LogP contribution >= 0.6 is 15.0 Å². The lowest BCUT2D eigenvalue weighted by molar-refractivity contribution is -0.137. The van der Waals surface area contributed by atoms with Crippen LogP contribution in [0.2, 0.25) is 19.1 Å². The Balaban J connectivity index is 0.000000202. The second-order valence-corrected chi connectivity index (χ2v) is 32.8. The number of anilines is 1. The molecule has 0 aliphatic carbocycles. The second-order valence-electron chi connectivity index (χ2n) is 23.2. The number of nitrogens with zero attached hydrogens (tertiary/aromatic N) is 12. The number of aromatic nitrogens is 8. The third-order valence-electron chi connectivity index (χ3n) is 15.9. The lowest BCUT2D eigenvalue weighted by atomic mass is 10.0. The van der Waals surface area contributed by atoms with Gasteiger partial charge in [-0.2, -0.15) is 0 Å². The molecule has 8 aromatic rings. The van der Waals surface area contributed by atoms with Crippen molar-refractivity contribution in [2.24, 2.45) is 5.73 Å². The zero-order valence-corrected chi connectivity index (χ0v) is 55.0. The molecule has 0 saturated carbocycles. The summed E-state index contributed by atoms with van der Waals surface area (Å²) in [6.45, 7) is 14.4. The van der Waals surface area contributed by atoms with Crippen molar-refractivity contribution < 1.29 is 60.9 Å². The fraction of sp³-hybridized carbons (Fsp3) is 0.365. The Morgan fingerprint density at radius 3 is 1.86 bits per heavy atom. The first kappa shape index (κ1) is 66.2. The van der Waals surface area contributed by atoms with Gasteiger partial charge in [0.25, 0.3) is 0 Å². The normalized spacial score (nSPS) is 17.1. The standard InChI is InChI=1S/C33H40N5O7PSi.C30H33N8O6P/c1-6-44-46(42,45-7-2)22-43-32-14-29-27(13-26(32)24-15-34-20-35-16-24)28(23(3)39)17-37(29)18-33(41)38-21-47(4,5)19-30(38)31(40)12-25-10-8-9-11-36-25;1-3-44-45(2,42)19-43-28-14-23-25(13-22(28)20-15-32-18-33-16-20)37(29(31)40)17-26(23)36-11-10-35-9-7-24(38(35)30(36)41)27(39)12-21-6-4-5-8-34-21/h8-11,13-17,20,30H,6-7,12,18-19,21-22H2,1-5H3;4-6,8,13-18,24H,3,7,9-12,19H2,1-2H3,(H2,31,40)/t30-;24-,45?/m00/s1. The molecule has 4 amide bonds. The Morgan fingerprint density at radius 1 is 0.696 bits per heavy atom. The van der Waals surface area contributed by atoms with Gasteiger partial charge in [-0.1, -0.05) is 25.2 Å². The third kappa shape index (κ3) is 14.9. The first-order valence-electron chi connectivity index (χ1n) is 30.1. The number of nitrogens with two attached hydrogens (primary N) is 1. The Labute approximate surface area is 532 Å². The highest BCUT2D eigenvalue weighted by Gasteiger charge is 2.46. The number of urea groups is 1. The van der Waals surface area contributed by atoms with E-state index in [1.165, 1.54) is 42.0 Å². The van der Waals surface area contributed by atoms with Crippen LogP contribution in [0.4, 0.5) is 15.3 Å². The van der Waals surface area contributed by atoms with Gasteiger partial charge in [0.2, 0.25) is 13.3 Å². The SMILES string of the molecule is CCOP(=O)(COc1cc2c(cc1-c1cncnc1)c(C(C)=O)cn2CC(=O)N1C[Si](C)(C)C[C@H]1C(=O)Cc1ccccn1)OCC.CCOP(C)(=O)COc1cc2c(N3CCN4CC[C@@H](C(=O)Cc5ccccn5)N4C3=O)cn(C(N)=O)c2cc1-c1cncnc1. The number of hydrogen-bond donors (Lipinski definition) is 1. The number of rotatable bonds is 24. The van der Waals surface area contributed by atoms with Crippen LogP contribution in [0, 0.1) is 0 Å². The van der Waals surface area contributed by atoms with E-state index in [9.17, 15) is 37.9 Å². The van der Waals surface area contributed by atoms with E-state index in [4.69, 9.17) is 28.8 Å². The Kier molecular flexibility index (Phi) is 20.5. The molecule has 0 bridgehead atoms. The van der Waals surface area contributed by atoms with E-state index in [1.807, 2.05) is 23.2 Å². The van der Waals surface area contributed by atoms with Crippen LogP contribution in [-0.2, 0) is 56.5 Å². The van der Waals surface area contributed by atoms with Crippen LogP contribution in [0.15, 0.2) is 123 Å². The lowest BCUT2D eigenvalue weighted by Gasteiger charge is -2.41. The summed E-state index contributed by atoms with van der Waals surface area (Å²) in [5.41, 5.74) is 11.2. The summed E-state index contributed by atoms with van der Waals surface area (Å²) in [7, 11) is -8.54. The number of ketones is 3. The summed E-state index contributed by atoms with van der Waals surface area (Å²) in [5.74, 6) is 0.130. The number of hydrazine groups is 1. The quantitative estimate of drug-likeness (QED) is 0.0334. The van der Waals surface area contributed by atoms with Gasteiger partial charge in [-0.05, 0) is 82.6 Å². The highest BCUT2D eigenvalue weighted by molar-refractivity contribution is 7.58. The summed E-state index contributed by atoms with van der Waals surface area (Å²) in [4.78, 5) is 109. The smallest absolute Gasteiger partial charge is 0.367 e. The Morgan fingerprint density at radius 2 is 1.28 bits per heavy atom. The number of amides is 4. The molecule has 3 fully saturated rings. The molecule has 3 aliphatic rings. The van der Waals surface area contributed by atoms with Gasteiger partial charge < -0.3 is 38.2 Å². The van der Waals surface area contributed by atoms with Crippen LogP contribution in [0.3, 0.4) is 0 Å². The minimum Gasteiger partial charge on any atom is -0.483 e. The van der Waals surface area contributed by atoms with Gasteiger partial charge in [-0.25, -0.2) is 39.5 Å². The number of carbonyl (C=O) groups excluding carboxylic acids is 6. The molecule has 9 heterocycles. The fourth-order valence-corrected chi connectivity index (χ4v) is 17.1. The predicted octanol–water partition coefficient (Wildman–Crippen LogP) is 9.31. The van der Waals surface area contributed by atoms with E-state index in [0.29, 0.717) is 116 Å². The van der Waals surface area contributed by atoms with Gasteiger partial charge in [0.05, 0.1) is 63.5 Å². The van der Waals surface area contributed by atoms with Crippen LogP contribution in [0.25, 0.3) is 44.1 Å². The number of ether oxygens (including phenoxy) is 2. The number of pyridine rings is 2. The van der Waals surface area contributed by atoms with Crippen LogP contribution in [0.1, 0.15) is 55.9 Å². The molecule has 3 atom stereocenters. The average Bonchev–Trinajstić information content (AvgIpc) is 1.59. The molecule has 3 aliphatic heterocycles. The third-order valence-corrected chi connectivity index (χ3v) is 21.8. The van der Waals surface area contributed by atoms with Crippen LogP contribution in [0.5, 0.6) is 11.5 Å². The zero-order valence-electron chi connectivity index (χ0n) is 52.2. The minimum absolute atomic E-state index is 0.0321. The topological polar surface area (TPSA) is 309 Å². The predicted molar refractivity (Wildman–Crippen MR) is 346 cm³/mol. The van der Waals surface area contributed by atoms with Crippen molar-refractivity contribution in [3.05, 3.63) is 140 Å². The molecule has 2 aromatic carbocycles. The molecule has 0 spiro atoms. The van der Waals surface area contributed by atoms with E-state index in [-0.39, 0.29) is 81.2 Å². The first-order chi connectivity index (χ1) is 44.1. The molecule has 26 nitrogen and oxygen atoms in total. The Bertz CT molecular complexity index is 4140. The number of hydrogen-bond acceptors (Lipinski definition) is 20. The van der Waals surface area contributed by atoms with E-state index in [0.717, 1.165) is 0 Å². The second kappa shape index (κ2) is 28.5. The number of benzene rings is 2. The van der Waals surface area contributed by atoms with Gasteiger partial charge in [-0.15, -0.1) is 0 Å². The molecule has 1 unspecified atom stereocenters. The highest BCUT2D eigenvalue weighted by Crippen LogP contribution is 2.50. The maximum Gasteiger partial charge on any atom is 0.367 e. The number of primary amides is 1. The van der Waals surface area contributed by atoms with E-state index >= 15 is 0 Å². The molecule has 92 heavy (non-hydrogen) atoms. The maximum absolute atomic E-state index is 14.1. The van der Waals surface area contributed by atoms with Gasteiger partial charge in [-0.3, -0.25) is 47.7 Å². The molecule has 0 radical (unpaired) electrons. The van der Waals surface area contributed by atoms with Gasteiger partial charge in [0.1, 0.15) is 36.7 Å². The van der Waals surface area contributed by atoms with Crippen molar-refractivity contribution in [1.29, 1.82) is 0 Å². The van der Waals surface area contributed by atoms with Crippen molar-refractivity contribution in [1.82, 2.24) is 54.0 Å². The van der Waals surface area contributed by atoms with Crippen LogP contribution in [-0.4, -0.2) is 174 Å². The largest absolute Gasteiger partial charge is 0.483 e. The molecular weight excluding hydrogens is 1240 g/mol. The van der Waals surface area contributed by atoms with E-state index in [1.54, 1.807) is 121 Å². The molecule has 3 saturated heterocycles. The van der Waals surface area contributed by atoms with Crippen molar-refractivity contribution in [3.63, 3.8) is 0 Å². The minimum atomic E-state index is -3.58. The number of fused-ring (bicyclic) bond motifs is 3. The summed E-state index contributed by atoms with van der Waals surface area (Å²) >= 11 is 0.